The smallest absolute Gasteiger partial charge is 0.339 e. The minimum absolute atomic E-state index is 0. The zero-order valence-electron chi connectivity index (χ0n) is 15.9. The summed E-state index contributed by atoms with van der Waals surface area (Å²) in [5.74, 6) is -0.323. The van der Waals surface area contributed by atoms with Crippen LogP contribution in [0.5, 0.6) is 0 Å². The number of methoxy groups -OCH3 is 1. The maximum Gasteiger partial charge on any atom is 0.339 e. The normalized spacial score (nSPS) is 10.5. The van der Waals surface area contributed by atoms with Gasteiger partial charge < -0.3 is 33.6 Å². The number of nitrogens with zero attached hydrogens (tertiary/aromatic N) is 2. The third-order valence-electron chi connectivity index (χ3n) is 4.06. The quantitative estimate of drug-likeness (QED) is 0.344. The summed E-state index contributed by atoms with van der Waals surface area (Å²) in [7, 11) is 5.23. The molecule has 0 aliphatic heterocycles. The van der Waals surface area contributed by atoms with Crippen LogP contribution in [0.25, 0.3) is 12.2 Å². The molecule has 0 atom stereocenters. The van der Waals surface area contributed by atoms with Crippen LogP contribution in [-0.4, -0.2) is 27.2 Å². The van der Waals surface area contributed by atoms with Gasteiger partial charge in [-0.2, -0.15) is 0 Å². The molecular formula is C21H27IN2O2. The van der Waals surface area contributed by atoms with Crippen LogP contribution < -0.4 is 33.4 Å². The summed E-state index contributed by atoms with van der Waals surface area (Å²) >= 11 is 0. The fourth-order valence-electron chi connectivity index (χ4n) is 2.58. The summed E-state index contributed by atoms with van der Waals surface area (Å²) in [6, 6.07) is 10.0. The average Bonchev–Trinajstić information content (AvgIpc) is 2.64. The van der Waals surface area contributed by atoms with Crippen molar-refractivity contribution in [3.63, 3.8) is 0 Å². The van der Waals surface area contributed by atoms with E-state index >= 15 is 0 Å². The van der Waals surface area contributed by atoms with Crippen LogP contribution in [0.3, 0.4) is 0 Å². The number of rotatable bonds is 7. The topological polar surface area (TPSA) is 33.4 Å². The van der Waals surface area contributed by atoms with Crippen molar-refractivity contribution in [3.8, 4) is 0 Å². The molecule has 0 radical (unpaired) electrons. The highest BCUT2D eigenvalue weighted by Crippen LogP contribution is 2.22. The van der Waals surface area contributed by atoms with E-state index in [9.17, 15) is 4.79 Å². The van der Waals surface area contributed by atoms with Crippen molar-refractivity contribution in [2.75, 3.05) is 26.1 Å². The molecule has 5 heteroatoms. The number of esters is 1. The number of carbonyl (C=O) groups is 1. The first-order valence-corrected chi connectivity index (χ1v) is 8.62. The molecule has 0 fully saturated rings. The van der Waals surface area contributed by atoms with Crippen LogP contribution in [-0.2, 0) is 11.3 Å². The molecule has 140 valence electrons. The van der Waals surface area contributed by atoms with E-state index in [0.717, 1.165) is 23.4 Å². The number of anilines is 1. The fourth-order valence-corrected chi connectivity index (χ4v) is 2.58. The highest BCUT2D eigenvalue weighted by Gasteiger charge is 2.13. The Morgan fingerprint density at radius 1 is 1.12 bits per heavy atom. The molecule has 0 aliphatic carbocycles. The molecule has 1 aromatic heterocycles. The molecule has 0 saturated carbocycles. The van der Waals surface area contributed by atoms with E-state index in [2.05, 4.69) is 42.1 Å². The molecule has 0 N–H and O–H groups in total. The van der Waals surface area contributed by atoms with Gasteiger partial charge in [-0.1, -0.05) is 31.6 Å². The van der Waals surface area contributed by atoms with Crippen molar-refractivity contribution in [2.24, 2.45) is 0 Å². The predicted octanol–water partition coefficient (Wildman–Crippen LogP) is 0.801. The van der Waals surface area contributed by atoms with E-state index in [1.54, 1.807) is 0 Å². The second kappa shape index (κ2) is 11.0. The maximum atomic E-state index is 12.0. The molecule has 2 rings (SSSR count). The van der Waals surface area contributed by atoms with Crippen molar-refractivity contribution < 1.29 is 38.1 Å². The van der Waals surface area contributed by atoms with Crippen molar-refractivity contribution in [2.45, 2.75) is 26.3 Å². The molecule has 26 heavy (non-hydrogen) atoms. The van der Waals surface area contributed by atoms with Gasteiger partial charge in [0.15, 0.2) is 12.4 Å². The van der Waals surface area contributed by atoms with Gasteiger partial charge in [0.05, 0.1) is 18.4 Å². The predicted molar refractivity (Wildman–Crippen MR) is 103 cm³/mol. The number of unbranched alkanes of at least 4 members (excludes halogenated alkanes) is 1. The van der Waals surface area contributed by atoms with E-state index in [1.807, 2.05) is 43.3 Å². The molecule has 0 bridgehead atoms. The highest BCUT2D eigenvalue weighted by molar-refractivity contribution is 5.96. The fraction of sp³-hybridized carbons (Fsp3) is 0.333. The van der Waals surface area contributed by atoms with Gasteiger partial charge >= 0.3 is 5.97 Å². The largest absolute Gasteiger partial charge is 1.00 e. The number of benzene rings is 1. The average molecular weight is 466 g/mol. The molecule has 1 aromatic carbocycles. The van der Waals surface area contributed by atoms with Crippen molar-refractivity contribution in [3.05, 3.63) is 59.4 Å². The van der Waals surface area contributed by atoms with E-state index in [-0.39, 0.29) is 29.9 Å². The second-order valence-corrected chi connectivity index (χ2v) is 6.22. The Hall–Kier alpha value is -1.89. The first-order chi connectivity index (χ1) is 12.0. The van der Waals surface area contributed by atoms with Gasteiger partial charge in [-0.3, -0.25) is 0 Å². The minimum Gasteiger partial charge on any atom is -1.00 e. The Morgan fingerprint density at radius 3 is 2.35 bits per heavy atom. The molecule has 0 aliphatic rings. The lowest BCUT2D eigenvalue weighted by atomic mass is 10.1. The van der Waals surface area contributed by atoms with E-state index in [1.165, 1.54) is 20.0 Å². The first kappa shape index (κ1) is 22.2. The number of ether oxygens (including phenoxy) is 1. The summed E-state index contributed by atoms with van der Waals surface area (Å²) < 4.78 is 7.09. The lowest BCUT2D eigenvalue weighted by molar-refractivity contribution is -0.697. The van der Waals surface area contributed by atoms with Crippen molar-refractivity contribution in [1.82, 2.24) is 0 Å². The summed E-state index contributed by atoms with van der Waals surface area (Å²) in [5.41, 5.74) is 3.51. The minimum atomic E-state index is -0.323. The molecule has 2 aromatic rings. The Kier molecular flexibility index (Phi) is 9.34. The zero-order valence-corrected chi connectivity index (χ0v) is 18.1. The first-order valence-electron chi connectivity index (χ1n) is 8.62. The van der Waals surface area contributed by atoms with Crippen molar-refractivity contribution in [1.29, 1.82) is 0 Å². The number of pyridine rings is 1. The Morgan fingerprint density at radius 2 is 1.77 bits per heavy atom. The number of hydrogen-bond donors (Lipinski definition) is 0. The Labute approximate surface area is 173 Å². The summed E-state index contributed by atoms with van der Waals surface area (Å²) in [6.07, 6.45) is 10.6. The summed E-state index contributed by atoms with van der Waals surface area (Å²) in [4.78, 5) is 13.9. The Balaban J connectivity index is 0.00000338. The lowest BCUT2D eigenvalue weighted by Crippen LogP contribution is -3.00. The Bertz CT molecular complexity index is 740. The van der Waals surface area contributed by atoms with Crippen LogP contribution >= 0.6 is 0 Å². The van der Waals surface area contributed by atoms with E-state index < -0.39 is 0 Å². The van der Waals surface area contributed by atoms with Gasteiger partial charge in [0.1, 0.15) is 6.54 Å². The molecular weight excluding hydrogens is 439 g/mol. The van der Waals surface area contributed by atoms with Gasteiger partial charge in [-0.25, -0.2) is 9.36 Å². The summed E-state index contributed by atoms with van der Waals surface area (Å²) in [6.45, 7) is 3.25. The number of aromatic nitrogens is 1. The molecule has 0 spiro atoms. The van der Waals surface area contributed by atoms with Crippen LogP contribution in [0.4, 0.5) is 5.69 Å². The van der Waals surface area contributed by atoms with Crippen LogP contribution in [0, 0.1) is 0 Å². The van der Waals surface area contributed by atoms with Gasteiger partial charge in [-0.15, -0.1) is 0 Å². The van der Waals surface area contributed by atoms with Crippen molar-refractivity contribution >= 4 is 23.8 Å². The third-order valence-corrected chi connectivity index (χ3v) is 4.06. The van der Waals surface area contributed by atoms with E-state index in [4.69, 9.17) is 4.74 Å². The number of aryl methyl sites for hydroxylation is 1. The molecule has 1 heterocycles. The lowest BCUT2D eigenvalue weighted by Gasteiger charge is -2.16. The standard InChI is InChI=1S/C21H27N2O2.HI/c1-5-6-13-23-14-11-17(12-15-23)7-8-18-9-10-20(22(2)3)19(16-18)21(24)25-4;/h7-12,14-16H,5-6,13H2,1-4H3;1H/q+1;/p-1. The molecule has 0 saturated heterocycles. The maximum absolute atomic E-state index is 12.0. The van der Waals surface area contributed by atoms with Gasteiger partial charge in [0, 0.05) is 32.6 Å². The monoisotopic (exact) mass is 466 g/mol. The van der Waals surface area contributed by atoms with Crippen LogP contribution in [0.2, 0.25) is 0 Å². The number of hydrogen-bond acceptors (Lipinski definition) is 3. The van der Waals surface area contributed by atoms with Gasteiger partial charge in [0.25, 0.3) is 0 Å². The summed E-state index contributed by atoms with van der Waals surface area (Å²) in [5, 5.41) is 0. The van der Waals surface area contributed by atoms with Crippen LogP contribution in [0.15, 0.2) is 42.7 Å². The SMILES string of the molecule is CCCC[n+]1ccc(C=Cc2ccc(N(C)C)c(C(=O)OC)c2)cc1.[I-]. The number of carbonyl (C=O) groups excluding carboxylic acids is 1. The van der Waals surface area contributed by atoms with Gasteiger partial charge in [-0.05, 0) is 23.3 Å². The zero-order chi connectivity index (χ0) is 18.2. The molecule has 4 nitrogen and oxygen atoms in total. The molecule has 0 amide bonds. The second-order valence-electron chi connectivity index (χ2n) is 6.22. The highest BCUT2D eigenvalue weighted by atomic mass is 127. The van der Waals surface area contributed by atoms with Crippen LogP contribution in [0.1, 0.15) is 41.3 Å². The molecule has 0 unspecified atom stereocenters. The van der Waals surface area contributed by atoms with Gasteiger partial charge in [0.2, 0.25) is 0 Å². The van der Waals surface area contributed by atoms with E-state index in [0.29, 0.717) is 5.56 Å². The number of halogens is 1. The third kappa shape index (κ3) is 6.12.